The highest BCUT2D eigenvalue weighted by Crippen LogP contribution is 2.27. The first-order valence-electron chi connectivity index (χ1n) is 8.31. The predicted molar refractivity (Wildman–Crippen MR) is 94.8 cm³/mol. The second kappa shape index (κ2) is 6.51. The maximum Gasteiger partial charge on any atom is 0.198 e. The summed E-state index contributed by atoms with van der Waals surface area (Å²) in [6, 6.07) is 8.69. The first-order valence-corrected chi connectivity index (χ1v) is 10.1. The molecule has 1 N–H and O–H groups in total. The molecule has 0 aromatic heterocycles. The van der Waals surface area contributed by atoms with Crippen molar-refractivity contribution in [2.24, 2.45) is 10.9 Å². The SMILES string of the molecule is CC(C)NC(=NCC1CCS(=O)(=O)C1)N1CCc2ccccc21. The maximum absolute atomic E-state index is 11.6. The van der Waals surface area contributed by atoms with Gasteiger partial charge in [0.1, 0.15) is 0 Å². The van der Waals surface area contributed by atoms with Gasteiger partial charge in [0.2, 0.25) is 0 Å². The van der Waals surface area contributed by atoms with Crippen LogP contribution >= 0.6 is 0 Å². The van der Waals surface area contributed by atoms with E-state index in [1.807, 2.05) is 6.07 Å². The molecule has 1 aromatic carbocycles. The molecule has 2 aliphatic rings. The maximum atomic E-state index is 11.6. The van der Waals surface area contributed by atoms with Crippen LogP contribution in [-0.4, -0.2) is 45.0 Å². The molecule has 0 bridgehead atoms. The molecule has 23 heavy (non-hydrogen) atoms. The van der Waals surface area contributed by atoms with Gasteiger partial charge >= 0.3 is 0 Å². The topological polar surface area (TPSA) is 61.8 Å². The van der Waals surface area contributed by atoms with Crippen LogP contribution in [0.15, 0.2) is 29.3 Å². The van der Waals surface area contributed by atoms with E-state index in [1.165, 1.54) is 11.3 Å². The number of nitrogens with zero attached hydrogens (tertiary/aromatic N) is 2. The van der Waals surface area contributed by atoms with Crippen LogP contribution in [0.4, 0.5) is 5.69 Å². The minimum atomic E-state index is -2.84. The molecular weight excluding hydrogens is 310 g/mol. The second-order valence-electron chi connectivity index (χ2n) is 6.76. The lowest BCUT2D eigenvalue weighted by atomic mass is 10.1. The molecule has 0 radical (unpaired) electrons. The summed E-state index contributed by atoms with van der Waals surface area (Å²) >= 11 is 0. The summed E-state index contributed by atoms with van der Waals surface area (Å²) in [4.78, 5) is 6.98. The average molecular weight is 335 g/mol. The third-order valence-electron chi connectivity index (χ3n) is 4.39. The molecule has 126 valence electrons. The Hall–Kier alpha value is -1.56. The molecule has 2 aliphatic heterocycles. The van der Waals surface area contributed by atoms with E-state index in [2.05, 4.69) is 42.3 Å². The Kier molecular flexibility index (Phi) is 4.62. The van der Waals surface area contributed by atoms with Gasteiger partial charge < -0.3 is 10.2 Å². The molecule has 5 nitrogen and oxygen atoms in total. The Balaban J connectivity index is 1.77. The fraction of sp³-hybridized carbons (Fsp3) is 0.588. The smallest absolute Gasteiger partial charge is 0.198 e. The molecule has 0 amide bonds. The number of benzene rings is 1. The first kappa shape index (κ1) is 16.3. The lowest BCUT2D eigenvalue weighted by Crippen LogP contribution is -2.44. The van der Waals surface area contributed by atoms with E-state index in [4.69, 9.17) is 4.99 Å². The van der Waals surface area contributed by atoms with Crippen molar-refractivity contribution in [1.29, 1.82) is 0 Å². The summed E-state index contributed by atoms with van der Waals surface area (Å²) in [6.07, 6.45) is 1.75. The summed E-state index contributed by atoms with van der Waals surface area (Å²) in [7, 11) is -2.84. The lowest BCUT2D eigenvalue weighted by Gasteiger charge is -2.25. The van der Waals surface area contributed by atoms with Crippen LogP contribution in [0, 0.1) is 5.92 Å². The molecule has 1 fully saturated rings. The van der Waals surface area contributed by atoms with Crippen LogP contribution in [-0.2, 0) is 16.3 Å². The van der Waals surface area contributed by atoms with E-state index in [1.54, 1.807) is 0 Å². The fourth-order valence-electron chi connectivity index (χ4n) is 3.26. The zero-order valence-electron chi connectivity index (χ0n) is 13.8. The van der Waals surface area contributed by atoms with Gasteiger partial charge in [-0.05, 0) is 44.2 Å². The average Bonchev–Trinajstić information content (AvgIpc) is 3.06. The number of sulfone groups is 1. The Labute approximate surface area is 138 Å². The number of aliphatic imine (C=N–C) groups is 1. The normalized spacial score (nSPS) is 23.3. The number of guanidine groups is 1. The number of rotatable bonds is 3. The molecule has 1 saturated heterocycles. The summed E-state index contributed by atoms with van der Waals surface area (Å²) in [6.45, 7) is 5.68. The lowest BCUT2D eigenvalue weighted by molar-refractivity contribution is 0.589. The van der Waals surface area contributed by atoms with Gasteiger partial charge in [0.25, 0.3) is 0 Å². The zero-order valence-corrected chi connectivity index (χ0v) is 14.6. The standard InChI is InChI=1S/C17H25N3O2S/c1-13(2)19-17(18-11-14-8-10-23(21,22)12-14)20-9-7-15-5-3-4-6-16(15)20/h3-6,13-14H,7-12H2,1-2H3,(H,18,19). The highest BCUT2D eigenvalue weighted by atomic mass is 32.2. The minimum absolute atomic E-state index is 0.154. The summed E-state index contributed by atoms with van der Waals surface area (Å²) in [5, 5.41) is 3.43. The predicted octanol–water partition coefficient (Wildman–Crippen LogP) is 1.84. The monoisotopic (exact) mass is 335 g/mol. The third-order valence-corrected chi connectivity index (χ3v) is 6.22. The van der Waals surface area contributed by atoms with Crippen molar-refractivity contribution in [3.8, 4) is 0 Å². The van der Waals surface area contributed by atoms with Crippen molar-refractivity contribution in [2.75, 3.05) is 29.5 Å². The van der Waals surface area contributed by atoms with Crippen LogP contribution in [0.5, 0.6) is 0 Å². The van der Waals surface area contributed by atoms with Gasteiger partial charge in [-0.1, -0.05) is 18.2 Å². The number of hydrogen-bond acceptors (Lipinski definition) is 3. The van der Waals surface area contributed by atoms with Crippen LogP contribution in [0.1, 0.15) is 25.8 Å². The molecule has 1 aromatic rings. The van der Waals surface area contributed by atoms with Crippen molar-refractivity contribution in [3.63, 3.8) is 0 Å². The second-order valence-corrected chi connectivity index (χ2v) is 8.99. The number of hydrogen-bond donors (Lipinski definition) is 1. The van der Waals surface area contributed by atoms with Crippen molar-refractivity contribution < 1.29 is 8.42 Å². The Morgan fingerprint density at radius 3 is 2.87 bits per heavy atom. The molecule has 0 saturated carbocycles. The van der Waals surface area contributed by atoms with E-state index in [-0.39, 0.29) is 17.7 Å². The van der Waals surface area contributed by atoms with E-state index in [9.17, 15) is 8.42 Å². The third kappa shape index (κ3) is 3.86. The molecule has 6 heteroatoms. The molecular formula is C17H25N3O2S. The van der Waals surface area contributed by atoms with Crippen molar-refractivity contribution in [2.45, 2.75) is 32.7 Å². The van der Waals surface area contributed by atoms with Gasteiger partial charge in [0.05, 0.1) is 11.5 Å². The van der Waals surface area contributed by atoms with Crippen molar-refractivity contribution in [1.82, 2.24) is 5.32 Å². The zero-order chi connectivity index (χ0) is 16.4. The Morgan fingerprint density at radius 2 is 2.17 bits per heavy atom. The summed E-state index contributed by atoms with van der Waals surface area (Å²) in [5.41, 5.74) is 2.55. The van der Waals surface area contributed by atoms with Crippen LogP contribution in [0.3, 0.4) is 0 Å². The number of para-hydroxylation sites is 1. The highest BCUT2D eigenvalue weighted by molar-refractivity contribution is 7.91. The van der Waals surface area contributed by atoms with Gasteiger partial charge in [0, 0.05) is 24.8 Å². The number of nitrogens with one attached hydrogen (secondary N) is 1. The minimum Gasteiger partial charge on any atom is -0.354 e. The van der Waals surface area contributed by atoms with Gasteiger partial charge in [-0.15, -0.1) is 0 Å². The molecule has 1 atom stereocenters. The summed E-state index contributed by atoms with van der Waals surface area (Å²) in [5.74, 6) is 1.62. The molecule has 1 unspecified atom stereocenters. The van der Waals surface area contributed by atoms with E-state index in [0.29, 0.717) is 12.3 Å². The van der Waals surface area contributed by atoms with Gasteiger partial charge in [-0.3, -0.25) is 4.99 Å². The number of fused-ring (bicyclic) bond motifs is 1. The molecule has 0 aliphatic carbocycles. The Morgan fingerprint density at radius 1 is 1.39 bits per heavy atom. The summed E-state index contributed by atoms with van der Waals surface area (Å²) < 4.78 is 23.2. The number of anilines is 1. The quantitative estimate of drug-likeness (QED) is 0.676. The molecule has 3 rings (SSSR count). The van der Waals surface area contributed by atoms with Gasteiger partial charge in [-0.25, -0.2) is 8.42 Å². The van der Waals surface area contributed by atoms with E-state index in [0.717, 1.165) is 25.3 Å². The van der Waals surface area contributed by atoms with Gasteiger partial charge in [-0.2, -0.15) is 0 Å². The molecule has 0 spiro atoms. The highest BCUT2D eigenvalue weighted by Gasteiger charge is 2.28. The molecule has 2 heterocycles. The van der Waals surface area contributed by atoms with Crippen molar-refractivity contribution >= 4 is 21.5 Å². The first-order chi connectivity index (χ1) is 10.9. The van der Waals surface area contributed by atoms with Crippen LogP contribution < -0.4 is 10.2 Å². The van der Waals surface area contributed by atoms with E-state index < -0.39 is 9.84 Å². The largest absolute Gasteiger partial charge is 0.354 e. The van der Waals surface area contributed by atoms with Crippen molar-refractivity contribution in [3.05, 3.63) is 29.8 Å². The van der Waals surface area contributed by atoms with Crippen LogP contribution in [0.25, 0.3) is 0 Å². The fourth-order valence-corrected chi connectivity index (χ4v) is 5.11. The van der Waals surface area contributed by atoms with Gasteiger partial charge in [0.15, 0.2) is 15.8 Å². The Bertz CT molecular complexity index is 698. The van der Waals surface area contributed by atoms with E-state index >= 15 is 0 Å². The van der Waals surface area contributed by atoms with Crippen LogP contribution in [0.2, 0.25) is 0 Å².